The van der Waals surface area contributed by atoms with Gasteiger partial charge in [0.2, 0.25) is 10.0 Å². The molecule has 1 fully saturated rings. The van der Waals surface area contributed by atoms with Crippen molar-refractivity contribution in [1.29, 1.82) is 0 Å². The lowest BCUT2D eigenvalue weighted by Crippen LogP contribution is -2.54. The van der Waals surface area contributed by atoms with Gasteiger partial charge in [0, 0.05) is 25.6 Å². The van der Waals surface area contributed by atoms with Gasteiger partial charge in [-0.3, -0.25) is 0 Å². The van der Waals surface area contributed by atoms with E-state index in [0.29, 0.717) is 38.2 Å². The first-order valence-electron chi connectivity index (χ1n) is 8.72. The quantitative estimate of drug-likeness (QED) is 0.749. The van der Waals surface area contributed by atoms with Crippen LogP contribution in [0.2, 0.25) is 0 Å². The van der Waals surface area contributed by atoms with Crippen LogP contribution in [0, 0.1) is 5.92 Å². The minimum Gasteiger partial charge on any atom is -0.497 e. The Labute approximate surface area is 163 Å². The summed E-state index contributed by atoms with van der Waals surface area (Å²) in [6.07, 6.45) is 0.971. The van der Waals surface area contributed by atoms with Gasteiger partial charge >= 0.3 is 0 Å². The maximum atomic E-state index is 12.5. The molecule has 2 atom stereocenters. The summed E-state index contributed by atoms with van der Waals surface area (Å²) >= 11 is 0. The van der Waals surface area contributed by atoms with Gasteiger partial charge in [-0.1, -0.05) is 19.1 Å². The van der Waals surface area contributed by atoms with E-state index in [-0.39, 0.29) is 24.1 Å². The number of sulfonamides is 1. The Bertz CT molecular complexity index is 684. The van der Waals surface area contributed by atoms with E-state index in [1.165, 1.54) is 0 Å². The Morgan fingerprint density at radius 1 is 1.38 bits per heavy atom. The average molecular weight is 407 g/mol. The molecule has 1 heterocycles. The summed E-state index contributed by atoms with van der Waals surface area (Å²) < 4.78 is 31.8. The molecule has 0 saturated carbocycles. The molecule has 1 aromatic rings. The van der Waals surface area contributed by atoms with E-state index in [1.807, 2.05) is 50.2 Å². The molecule has 6 nitrogen and oxygen atoms in total. The van der Waals surface area contributed by atoms with Crippen LogP contribution in [0.3, 0.4) is 0 Å². The van der Waals surface area contributed by atoms with Gasteiger partial charge < -0.3 is 14.7 Å². The summed E-state index contributed by atoms with van der Waals surface area (Å²) in [5.41, 5.74) is -0.289. The number of ether oxygens (including phenoxy) is 1. The lowest BCUT2D eigenvalue weighted by molar-refractivity contribution is -0.0698. The summed E-state index contributed by atoms with van der Waals surface area (Å²) in [6, 6.07) is 7.44. The molecule has 1 saturated heterocycles. The summed E-state index contributed by atoms with van der Waals surface area (Å²) in [5, 5.41) is 11.5. The van der Waals surface area contributed by atoms with Gasteiger partial charge in [0.15, 0.2) is 0 Å². The molecule has 1 N–H and O–H groups in total. The smallest absolute Gasteiger partial charge is 0.214 e. The van der Waals surface area contributed by atoms with Crippen molar-refractivity contribution in [2.24, 2.45) is 5.92 Å². The number of hydrogen-bond donors (Lipinski definition) is 1. The third kappa shape index (κ3) is 5.10. The first kappa shape index (κ1) is 23.2. The monoisotopic (exact) mass is 406 g/mol. The van der Waals surface area contributed by atoms with E-state index in [9.17, 15) is 13.5 Å². The molecule has 0 bridgehead atoms. The molecular formula is C18H31ClN2O4S. The maximum absolute atomic E-state index is 12.5. The van der Waals surface area contributed by atoms with Crippen LogP contribution >= 0.6 is 12.4 Å². The molecule has 8 heteroatoms. The van der Waals surface area contributed by atoms with Crippen LogP contribution < -0.4 is 4.74 Å². The number of piperidine rings is 1. The zero-order valence-electron chi connectivity index (χ0n) is 16.0. The third-order valence-corrected chi connectivity index (χ3v) is 6.89. The van der Waals surface area contributed by atoms with Crippen molar-refractivity contribution < 1.29 is 18.3 Å². The minimum absolute atomic E-state index is 0. The fourth-order valence-corrected chi connectivity index (χ4v) is 5.10. The first-order chi connectivity index (χ1) is 11.7. The topological polar surface area (TPSA) is 70.1 Å². The normalized spacial score (nSPS) is 24.3. The van der Waals surface area contributed by atoms with Gasteiger partial charge in [-0.2, -0.15) is 0 Å². The van der Waals surface area contributed by atoms with Crippen molar-refractivity contribution in [3.63, 3.8) is 0 Å². The largest absolute Gasteiger partial charge is 0.497 e. The van der Waals surface area contributed by atoms with E-state index in [1.54, 1.807) is 11.4 Å². The van der Waals surface area contributed by atoms with Gasteiger partial charge in [0.1, 0.15) is 5.75 Å². The second-order valence-corrected chi connectivity index (χ2v) is 9.13. The second-order valence-electron chi connectivity index (χ2n) is 7.04. The fourth-order valence-electron chi connectivity index (χ4n) is 3.55. The van der Waals surface area contributed by atoms with E-state index in [0.717, 1.165) is 5.56 Å². The van der Waals surface area contributed by atoms with Gasteiger partial charge in [-0.15, -0.1) is 12.4 Å². The minimum atomic E-state index is -3.27. The number of benzene rings is 1. The van der Waals surface area contributed by atoms with Crippen LogP contribution in [0.4, 0.5) is 0 Å². The highest BCUT2D eigenvalue weighted by molar-refractivity contribution is 7.89. The summed E-state index contributed by atoms with van der Waals surface area (Å²) in [5.74, 6) is 0.629. The van der Waals surface area contributed by atoms with Crippen LogP contribution in [0.1, 0.15) is 25.3 Å². The number of nitrogens with zero attached hydrogens (tertiary/aromatic N) is 2. The van der Waals surface area contributed by atoms with Crippen molar-refractivity contribution >= 4 is 22.4 Å². The molecule has 0 aliphatic carbocycles. The van der Waals surface area contributed by atoms with Crippen molar-refractivity contribution in [2.75, 3.05) is 46.6 Å². The average Bonchev–Trinajstić information content (AvgIpc) is 2.56. The van der Waals surface area contributed by atoms with Crippen LogP contribution in [0.5, 0.6) is 5.75 Å². The van der Waals surface area contributed by atoms with E-state index >= 15 is 0 Å². The SMILES string of the molecule is CCCS(=O)(=O)N1CCC(O)(c2cccc(OC)c2)C(CN(C)C)C1.Cl. The molecule has 0 aromatic heterocycles. The molecule has 2 rings (SSSR count). The lowest BCUT2D eigenvalue weighted by Gasteiger charge is -2.45. The number of hydrogen-bond acceptors (Lipinski definition) is 5. The van der Waals surface area contributed by atoms with Crippen molar-refractivity contribution in [3.05, 3.63) is 29.8 Å². The second kappa shape index (κ2) is 9.37. The Kier molecular flexibility index (Phi) is 8.35. The number of rotatable bonds is 7. The molecule has 0 spiro atoms. The molecule has 1 aliphatic rings. The van der Waals surface area contributed by atoms with Crippen LogP contribution in [-0.2, 0) is 15.6 Å². The number of halogens is 1. The highest BCUT2D eigenvalue weighted by Gasteiger charge is 2.45. The molecular weight excluding hydrogens is 376 g/mol. The predicted octanol–water partition coefficient (Wildman–Crippen LogP) is 1.93. The Hall–Kier alpha value is -0.860. The highest BCUT2D eigenvalue weighted by atomic mass is 35.5. The molecule has 1 aliphatic heterocycles. The van der Waals surface area contributed by atoms with Crippen LogP contribution in [0.15, 0.2) is 24.3 Å². The molecule has 0 radical (unpaired) electrons. The van der Waals surface area contributed by atoms with Gasteiger partial charge in [-0.05, 0) is 44.6 Å². The fraction of sp³-hybridized carbons (Fsp3) is 0.667. The van der Waals surface area contributed by atoms with Gasteiger partial charge in [-0.25, -0.2) is 12.7 Å². The lowest BCUT2D eigenvalue weighted by atomic mass is 9.76. The van der Waals surface area contributed by atoms with Crippen molar-refractivity contribution in [1.82, 2.24) is 9.21 Å². The molecule has 1 aromatic carbocycles. The molecule has 150 valence electrons. The standard InChI is InChI=1S/C18H30N2O4S.ClH/c1-5-11-25(22,23)20-10-9-18(21,16(14-20)13-19(2)3)15-7-6-8-17(12-15)24-4;/h6-8,12,16,21H,5,9-11,13-14H2,1-4H3;1H. The van der Waals surface area contributed by atoms with Crippen molar-refractivity contribution in [3.8, 4) is 5.75 Å². The van der Waals surface area contributed by atoms with Gasteiger partial charge in [0.25, 0.3) is 0 Å². The molecule has 26 heavy (non-hydrogen) atoms. The number of aliphatic hydroxyl groups is 1. The van der Waals surface area contributed by atoms with Crippen LogP contribution in [-0.4, -0.2) is 69.3 Å². The van der Waals surface area contributed by atoms with E-state index < -0.39 is 15.6 Å². The summed E-state index contributed by atoms with van der Waals surface area (Å²) in [7, 11) is 2.20. The zero-order valence-corrected chi connectivity index (χ0v) is 17.6. The highest BCUT2D eigenvalue weighted by Crippen LogP contribution is 2.39. The van der Waals surface area contributed by atoms with Crippen molar-refractivity contribution in [2.45, 2.75) is 25.4 Å². The maximum Gasteiger partial charge on any atom is 0.214 e. The summed E-state index contributed by atoms with van der Waals surface area (Å²) in [6.45, 7) is 3.13. The molecule has 0 amide bonds. The Balaban J connectivity index is 0.00000338. The van der Waals surface area contributed by atoms with E-state index in [2.05, 4.69) is 0 Å². The third-order valence-electron chi connectivity index (χ3n) is 4.85. The predicted molar refractivity (Wildman–Crippen MR) is 106 cm³/mol. The molecule has 2 unspecified atom stereocenters. The summed E-state index contributed by atoms with van der Waals surface area (Å²) in [4.78, 5) is 1.99. The Morgan fingerprint density at radius 2 is 2.08 bits per heavy atom. The number of methoxy groups -OCH3 is 1. The van der Waals surface area contributed by atoms with E-state index in [4.69, 9.17) is 4.74 Å². The van der Waals surface area contributed by atoms with Crippen LogP contribution in [0.25, 0.3) is 0 Å². The first-order valence-corrected chi connectivity index (χ1v) is 10.3. The zero-order chi connectivity index (χ0) is 18.7. The van der Waals surface area contributed by atoms with Gasteiger partial charge in [0.05, 0.1) is 18.5 Å². The Morgan fingerprint density at radius 3 is 2.65 bits per heavy atom.